The van der Waals surface area contributed by atoms with Gasteiger partial charge in [-0.2, -0.15) is 0 Å². The van der Waals surface area contributed by atoms with E-state index in [1.54, 1.807) is 27.7 Å². The quantitative estimate of drug-likeness (QED) is 0.711. The summed E-state index contributed by atoms with van der Waals surface area (Å²) in [6.45, 7) is 7.05. The zero-order chi connectivity index (χ0) is 18.1. The number of nitrogens with one attached hydrogen (secondary N) is 2. The molecule has 1 aliphatic carbocycles. The van der Waals surface area contributed by atoms with Crippen LogP contribution in [0.2, 0.25) is 0 Å². The van der Waals surface area contributed by atoms with Crippen LogP contribution >= 0.6 is 0 Å². The van der Waals surface area contributed by atoms with Crippen LogP contribution in [-0.2, 0) is 9.53 Å². The van der Waals surface area contributed by atoms with Crippen molar-refractivity contribution in [1.82, 2.24) is 10.3 Å². The first-order chi connectivity index (χ1) is 11.1. The van der Waals surface area contributed by atoms with Crippen LogP contribution < -0.4 is 10.7 Å². The van der Waals surface area contributed by atoms with Gasteiger partial charge in [0.25, 0.3) is 5.91 Å². The summed E-state index contributed by atoms with van der Waals surface area (Å²) >= 11 is 0. The zero-order valence-electron chi connectivity index (χ0n) is 14.4. The van der Waals surface area contributed by atoms with Gasteiger partial charge in [-0.15, -0.1) is 0 Å². The molecule has 7 nitrogen and oxygen atoms in total. The number of pyridine rings is 1. The first kappa shape index (κ1) is 18.2. The van der Waals surface area contributed by atoms with Gasteiger partial charge in [0, 0.05) is 18.0 Å². The number of aromatic amines is 1. The lowest BCUT2D eigenvalue weighted by molar-refractivity contribution is -0.160. The van der Waals surface area contributed by atoms with Gasteiger partial charge < -0.3 is 20.1 Å². The van der Waals surface area contributed by atoms with Gasteiger partial charge >= 0.3 is 5.97 Å². The van der Waals surface area contributed by atoms with Crippen molar-refractivity contribution in [3.05, 3.63) is 33.7 Å². The van der Waals surface area contributed by atoms with Crippen LogP contribution in [0.15, 0.2) is 17.1 Å². The molecule has 2 rings (SSSR count). The molecular formula is C17H24N2O5. The zero-order valence-corrected chi connectivity index (χ0v) is 14.4. The van der Waals surface area contributed by atoms with Gasteiger partial charge in [0.05, 0.1) is 18.1 Å². The number of aromatic nitrogens is 1. The summed E-state index contributed by atoms with van der Waals surface area (Å²) in [6.07, 6.45) is 1.01. The smallest absolute Gasteiger partial charge is 0.309 e. The third-order valence-corrected chi connectivity index (χ3v) is 3.89. The van der Waals surface area contributed by atoms with Crippen LogP contribution in [0.25, 0.3) is 0 Å². The molecule has 0 spiro atoms. The van der Waals surface area contributed by atoms with Crippen LogP contribution in [0.5, 0.6) is 0 Å². The summed E-state index contributed by atoms with van der Waals surface area (Å²) < 4.78 is 5.32. The van der Waals surface area contributed by atoms with Crippen LogP contribution in [0, 0.1) is 12.8 Å². The van der Waals surface area contributed by atoms with E-state index in [0.29, 0.717) is 5.69 Å². The Morgan fingerprint density at radius 3 is 2.58 bits per heavy atom. The van der Waals surface area contributed by atoms with Crippen LogP contribution in [0.1, 0.15) is 49.7 Å². The van der Waals surface area contributed by atoms with Crippen LogP contribution in [0.3, 0.4) is 0 Å². The van der Waals surface area contributed by atoms with Gasteiger partial charge in [0.1, 0.15) is 11.2 Å². The van der Waals surface area contributed by atoms with E-state index >= 15 is 0 Å². The predicted octanol–water partition coefficient (Wildman–Crippen LogP) is 0.894. The molecule has 0 saturated heterocycles. The molecule has 0 aliphatic heterocycles. The molecule has 3 unspecified atom stereocenters. The van der Waals surface area contributed by atoms with Crippen molar-refractivity contribution in [2.24, 2.45) is 5.92 Å². The molecule has 0 aromatic carbocycles. The monoisotopic (exact) mass is 336 g/mol. The number of aliphatic hydroxyl groups is 1. The summed E-state index contributed by atoms with van der Waals surface area (Å²) in [5.41, 5.74) is -0.352. The Labute approximate surface area is 140 Å². The van der Waals surface area contributed by atoms with Crippen molar-refractivity contribution < 1.29 is 19.4 Å². The Kier molecular flexibility index (Phi) is 5.13. The normalized spacial score (nSPS) is 23.8. The minimum atomic E-state index is -0.851. The highest BCUT2D eigenvalue weighted by atomic mass is 16.6. The summed E-state index contributed by atoms with van der Waals surface area (Å²) in [5.74, 6) is -1.42. The number of carbonyl (C=O) groups excluding carboxylic acids is 2. The summed E-state index contributed by atoms with van der Waals surface area (Å²) in [4.78, 5) is 39.0. The number of amides is 1. The largest absolute Gasteiger partial charge is 0.460 e. The molecule has 132 valence electrons. The number of carbonyl (C=O) groups is 2. The number of ether oxygens (including phenoxy) is 1. The maximum absolute atomic E-state index is 12.2. The molecule has 1 saturated carbocycles. The topological polar surface area (TPSA) is 108 Å². The van der Waals surface area contributed by atoms with E-state index in [4.69, 9.17) is 4.74 Å². The highest BCUT2D eigenvalue weighted by Crippen LogP contribution is 2.28. The Hall–Kier alpha value is -2.15. The van der Waals surface area contributed by atoms with E-state index in [2.05, 4.69) is 10.3 Å². The molecule has 1 amide bonds. The molecule has 24 heavy (non-hydrogen) atoms. The molecular weight excluding hydrogens is 312 g/mol. The molecule has 7 heteroatoms. The number of hydrogen-bond donors (Lipinski definition) is 3. The second-order valence-corrected chi connectivity index (χ2v) is 7.24. The summed E-state index contributed by atoms with van der Waals surface area (Å²) in [7, 11) is 0. The van der Waals surface area contributed by atoms with Gasteiger partial charge in [0.2, 0.25) is 0 Å². The molecule has 1 heterocycles. The number of aryl methyl sites for hydroxylation is 1. The lowest BCUT2D eigenvalue weighted by atomic mass is 10.1. The van der Waals surface area contributed by atoms with Gasteiger partial charge in [-0.3, -0.25) is 14.4 Å². The Bertz CT molecular complexity index is 689. The van der Waals surface area contributed by atoms with Crippen molar-refractivity contribution in [3.8, 4) is 0 Å². The molecule has 1 fully saturated rings. The van der Waals surface area contributed by atoms with Crippen molar-refractivity contribution in [2.45, 2.75) is 58.3 Å². The number of aliphatic hydroxyl groups excluding tert-OH is 1. The standard InChI is InChI=1S/C17H24N2O5/c1-9-5-13(20)11(8-18-9)15(22)19-12-6-10(7-14(12)21)16(23)24-17(2,3)4/h5,8,10,12,14,21H,6-7H2,1-4H3,(H,18,20)(H,19,22). The fraction of sp³-hybridized carbons (Fsp3) is 0.588. The third-order valence-electron chi connectivity index (χ3n) is 3.89. The van der Waals surface area contributed by atoms with E-state index in [1.807, 2.05) is 0 Å². The molecule has 3 atom stereocenters. The van der Waals surface area contributed by atoms with Gasteiger partial charge in [-0.25, -0.2) is 0 Å². The summed E-state index contributed by atoms with van der Waals surface area (Å²) in [5, 5.41) is 12.7. The lowest BCUT2D eigenvalue weighted by Gasteiger charge is -2.22. The van der Waals surface area contributed by atoms with Gasteiger partial charge in [0.15, 0.2) is 5.43 Å². The van der Waals surface area contributed by atoms with E-state index < -0.39 is 29.6 Å². The average Bonchev–Trinajstić information content (AvgIpc) is 2.78. The van der Waals surface area contributed by atoms with E-state index in [0.717, 1.165) is 0 Å². The fourth-order valence-electron chi connectivity index (χ4n) is 2.75. The van der Waals surface area contributed by atoms with Crippen molar-refractivity contribution in [2.75, 3.05) is 0 Å². The molecule has 3 N–H and O–H groups in total. The number of H-pyrrole nitrogens is 1. The minimum absolute atomic E-state index is 0.0199. The first-order valence-corrected chi connectivity index (χ1v) is 7.98. The lowest BCUT2D eigenvalue weighted by Crippen LogP contribution is -2.41. The van der Waals surface area contributed by atoms with Crippen LogP contribution in [-0.4, -0.2) is 39.7 Å². The second kappa shape index (κ2) is 6.76. The molecule has 0 bridgehead atoms. The SMILES string of the molecule is Cc1cc(=O)c(C(=O)NC2CC(C(=O)OC(C)(C)C)CC2O)c[nH]1. The predicted molar refractivity (Wildman–Crippen MR) is 87.6 cm³/mol. The average molecular weight is 336 g/mol. The minimum Gasteiger partial charge on any atom is -0.460 e. The molecule has 1 aromatic heterocycles. The first-order valence-electron chi connectivity index (χ1n) is 7.98. The molecule has 0 radical (unpaired) electrons. The second-order valence-electron chi connectivity index (χ2n) is 7.24. The number of esters is 1. The van der Waals surface area contributed by atoms with E-state index in [1.165, 1.54) is 12.3 Å². The van der Waals surface area contributed by atoms with Gasteiger partial charge in [-0.1, -0.05) is 0 Å². The fourth-order valence-corrected chi connectivity index (χ4v) is 2.75. The molecule has 1 aliphatic rings. The highest BCUT2D eigenvalue weighted by Gasteiger charge is 2.39. The third kappa shape index (κ3) is 4.44. The maximum atomic E-state index is 12.2. The van der Waals surface area contributed by atoms with Crippen molar-refractivity contribution in [3.63, 3.8) is 0 Å². The number of hydrogen-bond acceptors (Lipinski definition) is 5. The molecule has 1 aromatic rings. The van der Waals surface area contributed by atoms with Gasteiger partial charge in [-0.05, 0) is 40.5 Å². The van der Waals surface area contributed by atoms with E-state index in [9.17, 15) is 19.5 Å². The Morgan fingerprint density at radius 1 is 1.33 bits per heavy atom. The van der Waals surface area contributed by atoms with Crippen LogP contribution in [0.4, 0.5) is 0 Å². The van der Waals surface area contributed by atoms with E-state index in [-0.39, 0.29) is 29.8 Å². The summed E-state index contributed by atoms with van der Waals surface area (Å²) in [6, 6.07) is 0.750. The Balaban J connectivity index is 2.02. The highest BCUT2D eigenvalue weighted by molar-refractivity contribution is 5.94. The maximum Gasteiger partial charge on any atom is 0.309 e. The van der Waals surface area contributed by atoms with Crippen molar-refractivity contribution in [1.29, 1.82) is 0 Å². The Morgan fingerprint density at radius 2 is 2.00 bits per heavy atom. The van der Waals surface area contributed by atoms with Crippen molar-refractivity contribution >= 4 is 11.9 Å². The number of rotatable bonds is 3.